The molecule has 5 rings (SSSR count). The molecule has 0 atom stereocenters. The molecule has 0 saturated carbocycles. The minimum Gasteiger partial charge on any atom is -0.350 e. The Balaban J connectivity index is 1.46. The summed E-state index contributed by atoms with van der Waals surface area (Å²) in [4.78, 5) is 17.8. The Bertz CT molecular complexity index is 1580. The van der Waals surface area contributed by atoms with Gasteiger partial charge >= 0.3 is 0 Å². The monoisotopic (exact) mass is 547 g/mol. The largest absolute Gasteiger partial charge is 0.350 e. The van der Waals surface area contributed by atoms with Crippen molar-refractivity contribution in [2.45, 2.75) is 53.5 Å². The number of amides is 1. The number of hydrogen-bond donors (Lipinski definition) is 2. The molecule has 3 aromatic carbocycles. The molecule has 0 aliphatic heterocycles. The quantitative estimate of drug-likeness (QED) is 0.206. The lowest BCUT2D eigenvalue weighted by Gasteiger charge is -2.19. The third-order valence-corrected chi connectivity index (χ3v) is 7.02. The van der Waals surface area contributed by atoms with E-state index in [4.69, 9.17) is 0 Å². The maximum atomic E-state index is 13.1. The second-order valence-electron chi connectivity index (χ2n) is 11.6. The minimum absolute atomic E-state index is 0.000446. The van der Waals surface area contributed by atoms with Gasteiger partial charge in [-0.05, 0) is 57.0 Å². The molecule has 0 bridgehead atoms. The van der Waals surface area contributed by atoms with Gasteiger partial charge in [0.05, 0.1) is 6.20 Å². The van der Waals surface area contributed by atoms with Crippen LogP contribution in [0.25, 0.3) is 33.6 Å². The Hall–Kier alpha value is -4.59. The Morgan fingerprint density at radius 1 is 0.927 bits per heavy atom. The summed E-state index contributed by atoms with van der Waals surface area (Å²) >= 11 is 0. The van der Waals surface area contributed by atoms with Gasteiger partial charge in [0.25, 0.3) is 5.91 Å². The number of aromatic amines is 1. The topological polar surface area (TPSA) is 101 Å². The Labute approximate surface area is 241 Å². The number of carbonyl (C=O) groups is 1. The Kier molecular flexibility index (Phi) is 8.38. The third-order valence-electron chi connectivity index (χ3n) is 7.02. The van der Waals surface area contributed by atoms with Crippen molar-refractivity contribution < 1.29 is 4.79 Å². The van der Waals surface area contributed by atoms with Gasteiger partial charge < -0.3 is 9.88 Å². The number of hydrogen-bond acceptors (Lipinski definition) is 5. The van der Waals surface area contributed by atoms with Gasteiger partial charge in [-0.25, -0.2) is 4.98 Å². The van der Waals surface area contributed by atoms with E-state index in [1.165, 1.54) is 0 Å². The van der Waals surface area contributed by atoms with Crippen LogP contribution >= 0.6 is 0 Å². The molecule has 0 saturated heterocycles. The maximum absolute atomic E-state index is 13.1. The number of unbranched alkanes of at least 4 members (excludes halogenated alkanes) is 1. The van der Waals surface area contributed by atoms with Crippen LogP contribution in [0.3, 0.4) is 0 Å². The fraction of sp³-hybridized carbons (Fsp3) is 0.303. The van der Waals surface area contributed by atoms with Crippen LogP contribution in [0.1, 0.15) is 62.4 Å². The number of nitrogens with zero attached hydrogens (tertiary/aromatic N) is 5. The van der Waals surface area contributed by atoms with Crippen molar-refractivity contribution in [3.8, 4) is 33.6 Å². The normalized spacial score (nSPS) is 11.5. The van der Waals surface area contributed by atoms with Gasteiger partial charge in [0, 0.05) is 25.1 Å². The van der Waals surface area contributed by atoms with Crippen molar-refractivity contribution >= 4 is 5.91 Å². The van der Waals surface area contributed by atoms with Crippen LogP contribution in [0.5, 0.6) is 0 Å². The van der Waals surface area contributed by atoms with E-state index in [-0.39, 0.29) is 11.3 Å². The lowest BCUT2D eigenvalue weighted by molar-refractivity contribution is 0.0930. The molecular formula is C33H37N7O. The highest BCUT2D eigenvalue weighted by Gasteiger charge is 2.19. The minimum atomic E-state index is -0.0886. The van der Waals surface area contributed by atoms with Crippen molar-refractivity contribution in [1.82, 2.24) is 35.5 Å². The summed E-state index contributed by atoms with van der Waals surface area (Å²) in [6.45, 7) is 9.66. The van der Waals surface area contributed by atoms with Crippen molar-refractivity contribution in [3.63, 3.8) is 0 Å². The predicted octanol–water partition coefficient (Wildman–Crippen LogP) is 6.56. The van der Waals surface area contributed by atoms with Gasteiger partial charge in [-0.1, -0.05) is 94.8 Å². The first-order valence-corrected chi connectivity index (χ1v) is 14.2. The number of benzene rings is 3. The smallest absolute Gasteiger partial charge is 0.269 e. The average molecular weight is 548 g/mol. The molecule has 2 aromatic heterocycles. The van der Waals surface area contributed by atoms with Crippen LogP contribution < -0.4 is 5.32 Å². The van der Waals surface area contributed by atoms with Crippen molar-refractivity contribution in [2.24, 2.45) is 5.41 Å². The first-order chi connectivity index (χ1) is 19.8. The molecule has 1 amide bonds. The molecule has 210 valence electrons. The highest BCUT2D eigenvalue weighted by molar-refractivity contribution is 5.92. The summed E-state index contributed by atoms with van der Waals surface area (Å²) in [5.41, 5.74) is 6.91. The zero-order valence-electron chi connectivity index (χ0n) is 24.2. The molecule has 0 aliphatic rings. The van der Waals surface area contributed by atoms with E-state index in [1.807, 2.05) is 24.3 Å². The van der Waals surface area contributed by atoms with E-state index >= 15 is 0 Å². The summed E-state index contributed by atoms with van der Waals surface area (Å²) in [5, 5.41) is 17.9. The molecule has 0 aliphatic carbocycles. The summed E-state index contributed by atoms with van der Waals surface area (Å²) in [7, 11) is 0. The molecule has 0 radical (unpaired) electrons. The number of tetrazole rings is 1. The summed E-state index contributed by atoms with van der Waals surface area (Å²) in [6.07, 6.45) is 4.64. The lowest BCUT2D eigenvalue weighted by Crippen LogP contribution is -2.33. The Morgan fingerprint density at radius 2 is 1.68 bits per heavy atom. The van der Waals surface area contributed by atoms with Crippen LogP contribution in [0.4, 0.5) is 0 Å². The maximum Gasteiger partial charge on any atom is 0.269 e. The highest BCUT2D eigenvalue weighted by atomic mass is 16.2. The summed E-state index contributed by atoms with van der Waals surface area (Å²) < 4.78 is 2.06. The summed E-state index contributed by atoms with van der Waals surface area (Å²) in [6, 6.07) is 25.1. The fourth-order valence-corrected chi connectivity index (χ4v) is 4.78. The second kappa shape index (κ2) is 12.3. The lowest BCUT2D eigenvalue weighted by atomic mass is 9.93. The van der Waals surface area contributed by atoms with Gasteiger partial charge in [0.1, 0.15) is 11.5 Å². The first-order valence-electron chi connectivity index (χ1n) is 14.2. The first kappa shape index (κ1) is 28.0. The number of nitrogens with one attached hydrogen (secondary N) is 2. The molecule has 0 unspecified atom stereocenters. The molecule has 5 aromatic rings. The molecular weight excluding hydrogens is 510 g/mol. The molecule has 8 nitrogen and oxygen atoms in total. The van der Waals surface area contributed by atoms with Gasteiger partial charge in [0.15, 0.2) is 0 Å². The number of carbonyl (C=O) groups excluding carboxylic acids is 1. The zero-order valence-corrected chi connectivity index (χ0v) is 24.2. The SMILES string of the molecule is CCCCc1ncc(C(=O)NCC(C)(C)C)n1Cc1ccc(-c2cc(-c3ccccc3)ccc2-c2nn[nH]n2)cc1. The standard InChI is InChI=1S/C33H37N7O/c1-5-6-12-30-34-20-29(32(41)35-22-33(2,3)4)40(30)21-23-13-15-25(16-14-23)28-19-26(24-10-8-7-9-11-24)17-18-27(28)31-36-38-39-37-31/h7-11,13-20H,5-6,12,21-22H2,1-4H3,(H,35,41)(H,36,37,38,39). The van der Waals surface area contributed by atoms with E-state index in [2.05, 4.69) is 112 Å². The van der Waals surface area contributed by atoms with E-state index < -0.39 is 0 Å². The number of imidazole rings is 1. The molecule has 41 heavy (non-hydrogen) atoms. The highest BCUT2D eigenvalue weighted by Crippen LogP contribution is 2.34. The fourth-order valence-electron chi connectivity index (χ4n) is 4.78. The van der Waals surface area contributed by atoms with Crippen molar-refractivity contribution in [1.29, 1.82) is 0 Å². The van der Waals surface area contributed by atoms with Crippen LogP contribution in [0.15, 0.2) is 79.0 Å². The van der Waals surface area contributed by atoms with Crippen LogP contribution in [-0.4, -0.2) is 42.6 Å². The molecule has 2 N–H and O–H groups in total. The number of H-pyrrole nitrogens is 1. The van der Waals surface area contributed by atoms with Crippen LogP contribution in [0.2, 0.25) is 0 Å². The van der Waals surface area contributed by atoms with Crippen LogP contribution in [0, 0.1) is 5.41 Å². The molecule has 0 spiro atoms. The number of rotatable bonds is 10. The zero-order chi connectivity index (χ0) is 28.8. The van der Waals surface area contributed by atoms with E-state index in [9.17, 15) is 4.79 Å². The van der Waals surface area contributed by atoms with Gasteiger partial charge in [-0.2, -0.15) is 5.21 Å². The van der Waals surface area contributed by atoms with Gasteiger partial charge in [0.2, 0.25) is 5.82 Å². The number of aryl methyl sites for hydroxylation is 1. The third kappa shape index (κ3) is 6.77. The van der Waals surface area contributed by atoms with Crippen molar-refractivity contribution in [2.75, 3.05) is 6.54 Å². The van der Waals surface area contributed by atoms with E-state index in [0.29, 0.717) is 24.6 Å². The second-order valence-corrected chi connectivity index (χ2v) is 11.6. The molecule has 0 fully saturated rings. The Morgan fingerprint density at radius 3 is 2.37 bits per heavy atom. The number of aromatic nitrogens is 6. The van der Waals surface area contributed by atoms with E-state index in [1.54, 1.807) is 6.20 Å². The van der Waals surface area contributed by atoms with Gasteiger partial charge in [-0.15, -0.1) is 10.2 Å². The molecule has 2 heterocycles. The van der Waals surface area contributed by atoms with Crippen LogP contribution in [-0.2, 0) is 13.0 Å². The molecule has 8 heteroatoms. The summed E-state index contributed by atoms with van der Waals surface area (Å²) in [5.74, 6) is 1.40. The van der Waals surface area contributed by atoms with E-state index in [0.717, 1.165) is 58.5 Å². The predicted molar refractivity (Wildman–Crippen MR) is 162 cm³/mol. The average Bonchev–Trinajstić information content (AvgIpc) is 3.66. The van der Waals surface area contributed by atoms with Gasteiger partial charge in [-0.3, -0.25) is 4.79 Å². The van der Waals surface area contributed by atoms with Crippen molar-refractivity contribution in [3.05, 3.63) is 96.1 Å².